The minimum Gasteiger partial charge on any atom is -0.348 e. The number of hydrogen-bond donors (Lipinski definition) is 2. The lowest BCUT2D eigenvalue weighted by Crippen LogP contribution is -2.22. The topological polar surface area (TPSA) is 63.1 Å². The van der Waals surface area contributed by atoms with E-state index in [1.165, 1.54) is 0 Å². The molecule has 0 aliphatic carbocycles. The predicted octanol–water partition coefficient (Wildman–Crippen LogP) is 4.00. The van der Waals surface area contributed by atoms with Crippen LogP contribution in [0.15, 0.2) is 73.1 Å². The van der Waals surface area contributed by atoms with Crippen molar-refractivity contribution >= 4 is 17.5 Å². The normalized spacial score (nSPS) is 10.6. The Bertz CT molecular complexity index is 896. The van der Waals surface area contributed by atoms with Gasteiger partial charge in [-0.25, -0.2) is 0 Å². The van der Waals surface area contributed by atoms with Crippen molar-refractivity contribution in [2.75, 3.05) is 5.32 Å². The van der Waals surface area contributed by atoms with Crippen LogP contribution in [-0.2, 0) is 11.3 Å². The van der Waals surface area contributed by atoms with Crippen LogP contribution in [0, 0.1) is 5.92 Å². The van der Waals surface area contributed by atoms with E-state index in [9.17, 15) is 9.59 Å². The van der Waals surface area contributed by atoms with Gasteiger partial charge in [0, 0.05) is 41.8 Å². The van der Waals surface area contributed by atoms with Crippen LogP contribution < -0.4 is 10.6 Å². The number of carbonyl (C=O) groups is 2. The van der Waals surface area contributed by atoms with Crippen molar-refractivity contribution in [2.24, 2.45) is 5.92 Å². The van der Waals surface area contributed by atoms with E-state index in [1.54, 1.807) is 0 Å². The van der Waals surface area contributed by atoms with Crippen molar-refractivity contribution < 1.29 is 9.59 Å². The first-order chi connectivity index (χ1) is 13.0. The van der Waals surface area contributed by atoms with Crippen molar-refractivity contribution in [1.29, 1.82) is 0 Å². The minimum absolute atomic E-state index is 0.0144. The maximum atomic E-state index is 12.3. The molecule has 0 aliphatic heterocycles. The summed E-state index contributed by atoms with van der Waals surface area (Å²) in [6, 6.07) is 18.9. The van der Waals surface area contributed by atoms with Gasteiger partial charge in [0.05, 0.1) is 0 Å². The van der Waals surface area contributed by atoms with Crippen LogP contribution in [0.5, 0.6) is 0 Å². The maximum Gasteiger partial charge on any atom is 0.251 e. The second-order valence-corrected chi connectivity index (χ2v) is 6.66. The van der Waals surface area contributed by atoms with Crippen LogP contribution in [0.2, 0.25) is 0 Å². The van der Waals surface area contributed by atoms with Crippen LogP contribution in [-0.4, -0.2) is 16.4 Å². The number of carbonyl (C=O) groups excluding carboxylic acids is 2. The molecule has 1 heterocycles. The van der Waals surface area contributed by atoms with Gasteiger partial charge in [0.25, 0.3) is 5.91 Å². The van der Waals surface area contributed by atoms with Gasteiger partial charge in [0.1, 0.15) is 0 Å². The summed E-state index contributed by atoms with van der Waals surface area (Å²) in [6.07, 6.45) is 3.92. The molecule has 0 spiro atoms. The molecule has 5 nitrogen and oxygen atoms in total. The van der Waals surface area contributed by atoms with Gasteiger partial charge in [-0.1, -0.05) is 26.0 Å². The first-order valence-corrected chi connectivity index (χ1v) is 8.94. The third-order valence-electron chi connectivity index (χ3n) is 4.23. The fourth-order valence-corrected chi connectivity index (χ4v) is 2.57. The average molecular weight is 361 g/mol. The first kappa shape index (κ1) is 18.5. The molecule has 0 saturated heterocycles. The molecule has 3 rings (SSSR count). The Morgan fingerprint density at radius 1 is 0.926 bits per heavy atom. The molecular weight excluding hydrogens is 338 g/mol. The van der Waals surface area contributed by atoms with E-state index >= 15 is 0 Å². The highest BCUT2D eigenvalue weighted by Crippen LogP contribution is 2.12. The molecule has 138 valence electrons. The molecule has 5 heteroatoms. The van der Waals surface area contributed by atoms with Gasteiger partial charge in [-0.2, -0.15) is 0 Å². The van der Waals surface area contributed by atoms with Crippen molar-refractivity contribution in [2.45, 2.75) is 20.4 Å². The van der Waals surface area contributed by atoms with Gasteiger partial charge in [0.15, 0.2) is 0 Å². The van der Waals surface area contributed by atoms with E-state index in [-0.39, 0.29) is 17.7 Å². The van der Waals surface area contributed by atoms with E-state index in [4.69, 9.17) is 0 Å². The molecule has 0 atom stereocenters. The van der Waals surface area contributed by atoms with Crippen LogP contribution in [0.1, 0.15) is 29.8 Å². The monoisotopic (exact) mass is 361 g/mol. The SMILES string of the molecule is CC(C)C(=O)Nc1ccc(CNC(=O)c2ccc(-n3cccc3)cc2)cc1. The quantitative estimate of drug-likeness (QED) is 0.697. The largest absolute Gasteiger partial charge is 0.348 e. The molecule has 1 aromatic heterocycles. The molecule has 0 bridgehead atoms. The molecule has 0 radical (unpaired) electrons. The number of nitrogens with zero attached hydrogens (tertiary/aromatic N) is 1. The lowest BCUT2D eigenvalue weighted by Gasteiger charge is -2.10. The van der Waals surface area contributed by atoms with Gasteiger partial charge in [-0.05, 0) is 54.1 Å². The van der Waals surface area contributed by atoms with Crippen molar-refractivity contribution in [1.82, 2.24) is 9.88 Å². The van der Waals surface area contributed by atoms with Crippen LogP contribution in [0.4, 0.5) is 5.69 Å². The number of aromatic nitrogens is 1. The second kappa shape index (κ2) is 8.36. The summed E-state index contributed by atoms with van der Waals surface area (Å²) in [6.45, 7) is 4.13. The summed E-state index contributed by atoms with van der Waals surface area (Å²) in [5.74, 6) is -0.196. The maximum absolute atomic E-state index is 12.3. The Kier molecular flexibility index (Phi) is 5.71. The predicted molar refractivity (Wildman–Crippen MR) is 107 cm³/mol. The molecule has 2 N–H and O–H groups in total. The van der Waals surface area contributed by atoms with E-state index in [0.717, 1.165) is 16.9 Å². The summed E-state index contributed by atoms with van der Waals surface area (Å²) in [5, 5.41) is 5.76. The fourth-order valence-electron chi connectivity index (χ4n) is 2.57. The zero-order chi connectivity index (χ0) is 19.2. The molecule has 0 aliphatic rings. The van der Waals surface area contributed by atoms with Crippen molar-refractivity contribution in [3.63, 3.8) is 0 Å². The van der Waals surface area contributed by atoms with Crippen molar-refractivity contribution in [3.8, 4) is 5.69 Å². The van der Waals surface area contributed by atoms with E-state index in [0.29, 0.717) is 12.1 Å². The zero-order valence-corrected chi connectivity index (χ0v) is 15.5. The van der Waals surface area contributed by atoms with Gasteiger partial charge in [0.2, 0.25) is 5.91 Å². The van der Waals surface area contributed by atoms with E-state index in [1.807, 2.05) is 91.5 Å². The molecule has 3 aromatic rings. The summed E-state index contributed by atoms with van der Waals surface area (Å²) in [5.41, 5.74) is 3.35. The number of nitrogens with one attached hydrogen (secondary N) is 2. The smallest absolute Gasteiger partial charge is 0.251 e. The molecule has 2 aromatic carbocycles. The summed E-state index contributed by atoms with van der Waals surface area (Å²) >= 11 is 0. The molecule has 27 heavy (non-hydrogen) atoms. The fraction of sp³-hybridized carbons (Fsp3) is 0.182. The van der Waals surface area contributed by atoms with Gasteiger partial charge < -0.3 is 15.2 Å². The lowest BCUT2D eigenvalue weighted by molar-refractivity contribution is -0.118. The van der Waals surface area contributed by atoms with Crippen LogP contribution in [0.3, 0.4) is 0 Å². The number of anilines is 1. The number of amides is 2. The second-order valence-electron chi connectivity index (χ2n) is 6.66. The van der Waals surface area contributed by atoms with Crippen molar-refractivity contribution in [3.05, 3.63) is 84.2 Å². The van der Waals surface area contributed by atoms with Gasteiger partial charge >= 0.3 is 0 Å². The van der Waals surface area contributed by atoms with Crippen LogP contribution in [0.25, 0.3) is 5.69 Å². The van der Waals surface area contributed by atoms with Gasteiger partial charge in [-0.3, -0.25) is 9.59 Å². The highest BCUT2D eigenvalue weighted by atomic mass is 16.2. The Morgan fingerprint density at radius 3 is 2.15 bits per heavy atom. The van der Waals surface area contributed by atoms with Crippen LogP contribution >= 0.6 is 0 Å². The third kappa shape index (κ3) is 4.85. The lowest BCUT2D eigenvalue weighted by atomic mass is 10.1. The standard InChI is InChI=1S/C22H23N3O2/c1-16(2)21(26)24-19-9-5-17(6-10-19)15-23-22(27)18-7-11-20(12-8-18)25-13-3-4-14-25/h3-14,16H,15H2,1-2H3,(H,23,27)(H,24,26). The Hall–Kier alpha value is -3.34. The minimum atomic E-state index is -0.119. The number of hydrogen-bond acceptors (Lipinski definition) is 2. The summed E-state index contributed by atoms with van der Waals surface area (Å²) in [7, 11) is 0. The van der Waals surface area contributed by atoms with E-state index in [2.05, 4.69) is 10.6 Å². The Labute approximate surface area is 159 Å². The highest BCUT2D eigenvalue weighted by Gasteiger charge is 2.08. The Balaban J connectivity index is 1.55. The Morgan fingerprint density at radius 2 is 1.56 bits per heavy atom. The molecule has 2 amide bonds. The zero-order valence-electron chi connectivity index (χ0n) is 15.5. The van der Waals surface area contributed by atoms with Gasteiger partial charge in [-0.15, -0.1) is 0 Å². The molecule has 0 unspecified atom stereocenters. The van der Waals surface area contributed by atoms with E-state index < -0.39 is 0 Å². The molecule has 0 fully saturated rings. The molecular formula is C22H23N3O2. The first-order valence-electron chi connectivity index (χ1n) is 8.94. The summed E-state index contributed by atoms with van der Waals surface area (Å²) in [4.78, 5) is 24.0. The highest BCUT2D eigenvalue weighted by molar-refractivity contribution is 5.94. The number of benzene rings is 2. The third-order valence-corrected chi connectivity index (χ3v) is 4.23. The summed E-state index contributed by atoms with van der Waals surface area (Å²) < 4.78 is 1.99. The molecule has 0 saturated carbocycles. The average Bonchev–Trinajstić information content (AvgIpc) is 3.22. The number of rotatable bonds is 6.